The van der Waals surface area contributed by atoms with Crippen LogP contribution in [0.5, 0.6) is 11.5 Å². The van der Waals surface area contributed by atoms with Crippen LogP contribution in [0.3, 0.4) is 0 Å². The second kappa shape index (κ2) is 5.45. The number of nitro benzene ring substituents is 1. The number of nitrogens with zero attached hydrogens (tertiary/aromatic N) is 1. The third kappa shape index (κ3) is 3.05. The number of ether oxygens (including phenoxy) is 1. The highest BCUT2D eigenvalue weighted by Crippen LogP contribution is 2.32. The van der Waals surface area contributed by atoms with Crippen molar-refractivity contribution in [1.29, 1.82) is 0 Å². The minimum Gasteiger partial charge on any atom is -0.450 e. The van der Waals surface area contributed by atoms with Crippen molar-refractivity contribution >= 4 is 5.69 Å². The zero-order chi connectivity index (χ0) is 13.8. The van der Waals surface area contributed by atoms with E-state index in [0.717, 1.165) is 0 Å². The average Bonchev–Trinajstić information content (AvgIpc) is 2.41. The van der Waals surface area contributed by atoms with Crippen molar-refractivity contribution in [2.24, 2.45) is 0 Å². The fourth-order valence-corrected chi connectivity index (χ4v) is 1.52. The van der Waals surface area contributed by atoms with Crippen LogP contribution in [0.2, 0.25) is 0 Å². The number of rotatable bonds is 4. The third-order valence-electron chi connectivity index (χ3n) is 2.44. The van der Waals surface area contributed by atoms with Gasteiger partial charge in [0.15, 0.2) is 0 Å². The van der Waals surface area contributed by atoms with Crippen LogP contribution in [0.1, 0.15) is 5.56 Å². The van der Waals surface area contributed by atoms with Gasteiger partial charge in [-0.15, -0.1) is 0 Å². The molecule has 5 nitrogen and oxygen atoms in total. The molecule has 6 heteroatoms. The summed E-state index contributed by atoms with van der Waals surface area (Å²) in [4.78, 5) is 10.3. The predicted molar refractivity (Wildman–Crippen MR) is 65.5 cm³/mol. The van der Waals surface area contributed by atoms with Crippen molar-refractivity contribution in [3.05, 3.63) is 64.0 Å². The summed E-state index contributed by atoms with van der Waals surface area (Å²) in [6.07, 6.45) is 0. The monoisotopic (exact) mass is 263 g/mol. The molecule has 0 aromatic heterocycles. The largest absolute Gasteiger partial charge is 0.450 e. The molecule has 0 atom stereocenters. The molecule has 0 radical (unpaired) electrons. The van der Waals surface area contributed by atoms with E-state index in [0.29, 0.717) is 11.3 Å². The van der Waals surface area contributed by atoms with E-state index in [4.69, 9.17) is 9.84 Å². The zero-order valence-electron chi connectivity index (χ0n) is 9.75. The van der Waals surface area contributed by atoms with Crippen molar-refractivity contribution < 1.29 is 19.2 Å². The molecule has 0 unspecified atom stereocenters. The Labute approximate surface area is 108 Å². The number of aliphatic hydroxyl groups is 1. The number of nitro groups is 1. The van der Waals surface area contributed by atoms with E-state index in [2.05, 4.69) is 0 Å². The lowest BCUT2D eigenvalue weighted by atomic mass is 10.2. The van der Waals surface area contributed by atoms with Crippen LogP contribution in [-0.4, -0.2) is 10.0 Å². The molecule has 0 saturated heterocycles. The van der Waals surface area contributed by atoms with Gasteiger partial charge in [0, 0.05) is 6.07 Å². The zero-order valence-corrected chi connectivity index (χ0v) is 9.75. The van der Waals surface area contributed by atoms with Gasteiger partial charge in [-0.05, 0) is 35.9 Å². The van der Waals surface area contributed by atoms with Crippen molar-refractivity contribution in [1.82, 2.24) is 0 Å². The van der Waals surface area contributed by atoms with E-state index in [1.807, 2.05) is 0 Å². The quantitative estimate of drug-likeness (QED) is 0.679. The molecule has 2 aromatic rings. The molecule has 2 rings (SSSR count). The molecule has 0 saturated carbocycles. The van der Waals surface area contributed by atoms with Gasteiger partial charge >= 0.3 is 5.69 Å². The molecular weight excluding hydrogens is 253 g/mol. The van der Waals surface area contributed by atoms with Crippen LogP contribution in [-0.2, 0) is 6.61 Å². The van der Waals surface area contributed by atoms with Gasteiger partial charge in [-0.1, -0.05) is 6.07 Å². The molecule has 1 N–H and O–H groups in total. The Bertz CT molecular complexity index is 598. The van der Waals surface area contributed by atoms with Crippen LogP contribution >= 0.6 is 0 Å². The molecule has 0 aliphatic rings. The summed E-state index contributed by atoms with van der Waals surface area (Å²) in [5.74, 6) is -0.0902. The molecule has 0 aliphatic heterocycles. The van der Waals surface area contributed by atoms with Gasteiger partial charge in [0.05, 0.1) is 11.5 Å². The van der Waals surface area contributed by atoms with Crippen LogP contribution in [0.15, 0.2) is 42.5 Å². The van der Waals surface area contributed by atoms with Crippen LogP contribution in [0.4, 0.5) is 10.1 Å². The fraction of sp³-hybridized carbons (Fsp3) is 0.0769. The Hall–Kier alpha value is -2.47. The molecule has 0 bridgehead atoms. The van der Waals surface area contributed by atoms with Gasteiger partial charge in [0.1, 0.15) is 11.6 Å². The number of benzene rings is 2. The van der Waals surface area contributed by atoms with Crippen molar-refractivity contribution in [2.45, 2.75) is 6.61 Å². The number of aliphatic hydroxyl groups excluding tert-OH is 1. The highest BCUT2D eigenvalue weighted by Gasteiger charge is 2.16. The predicted octanol–water partition coefficient (Wildman–Crippen LogP) is 3.02. The van der Waals surface area contributed by atoms with Crippen molar-refractivity contribution in [3.63, 3.8) is 0 Å². The molecule has 0 spiro atoms. The van der Waals surface area contributed by atoms with Crippen LogP contribution < -0.4 is 4.74 Å². The number of hydrogen-bond acceptors (Lipinski definition) is 4. The van der Waals surface area contributed by atoms with E-state index < -0.39 is 10.7 Å². The maximum absolute atomic E-state index is 12.7. The molecule has 0 fully saturated rings. The number of halogens is 1. The summed E-state index contributed by atoms with van der Waals surface area (Å²) < 4.78 is 18.1. The highest BCUT2D eigenvalue weighted by molar-refractivity contribution is 5.50. The summed E-state index contributed by atoms with van der Waals surface area (Å²) in [6, 6.07) is 9.29. The first-order valence-corrected chi connectivity index (χ1v) is 5.42. The first-order chi connectivity index (χ1) is 9.10. The lowest BCUT2D eigenvalue weighted by molar-refractivity contribution is -0.385. The minimum atomic E-state index is -0.599. The van der Waals surface area contributed by atoms with Crippen LogP contribution in [0.25, 0.3) is 0 Å². The first-order valence-electron chi connectivity index (χ1n) is 5.42. The topological polar surface area (TPSA) is 72.6 Å². The van der Waals surface area contributed by atoms with Gasteiger partial charge in [-0.2, -0.15) is 0 Å². The second-order valence-electron chi connectivity index (χ2n) is 3.77. The van der Waals surface area contributed by atoms with Gasteiger partial charge in [-0.25, -0.2) is 4.39 Å². The average molecular weight is 263 g/mol. The van der Waals surface area contributed by atoms with Gasteiger partial charge < -0.3 is 9.84 Å². The molecule has 0 aliphatic carbocycles. The van der Waals surface area contributed by atoms with E-state index >= 15 is 0 Å². The molecule has 0 heterocycles. The molecular formula is C13H10FNO4. The van der Waals surface area contributed by atoms with Gasteiger partial charge in [-0.3, -0.25) is 10.1 Å². The van der Waals surface area contributed by atoms with E-state index in [1.54, 1.807) is 0 Å². The molecule has 19 heavy (non-hydrogen) atoms. The maximum Gasteiger partial charge on any atom is 0.311 e. The summed E-state index contributed by atoms with van der Waals surface area (Å²) >= 11 is 0. The lowest BCUT2D eigenvalue weighted by Gasteiger charge is -2.07. The second-order valence-corrected chi connectivity index (χ2v) is 3.77. The Morgan fingerprint density at radius 2 is 1.89 bits per heavy atom. The fourth-order valence-electron chi connectivity index (χ4n) is 1.52. The normalized spacial score (nSPS) is 10.2. The van der Waals surface area contributed by atoms with Gasteiger partial charge in [0.2, 0.25) is 5.75 Å². The Morgan fingerprint density at radius 1 is 1.21 bits per heavy atom. The smallest absolute Gasteiger partial charge is 0.311 e. The third-order valence-corrected chi connectivity index (χ3v) is 2.44. The highest BCUT2D eigenvalue weighted by atomic mass is 19.1. The minimum absolute atomic E-state index is 0.0359. The first kappa shape index (κ1) is 13.0. The molecule has 98 valence electrons. The van der Waals surface area contributed by atoms with Crippen molar-refractivity contribution in [2.75, 3.05) is 0 Å². The molecule has 2 aromatic carbocycles. The Morgan fingerprint density at radius 3 is 2.47 bits per heavy atom. The maximum atomic E-state index is 12.7. The van der Waals surface area contributed by atoms with E-state index in [1.165, 1.54) is 42.5 Å². The summed E-state index contributed by atoms with van der Waals surface area (Å²) in [6.45, 7) is -0.294. The van der Waals surface area contributed by atoms with Crippen LogP contribution in [0, 0.1) is 15.9 Å². The summed E-state index contributed by atoms with van der Waals surface area (Å²) in [5, 5.41) is 19.9. The SMILES string of the molecule is O=[N+]([O-])c1cc(CO)ccc1Oc1ccc(F)cc1. The Balaban J connectivity index is 2.33. The van der Waals surface area contributed by atoms with Gasteiger partial charge in [0.25, 0.3) is 0 Å². The standard InChI is InChI=1S/C13H10FNO4/c14-10-2-4-11(5-3-10)19-13-6-1-9(8-16)7-12(13)15(17)18/h1-7,16H,8H2. The lowest BCUT2D eigenvalue weighted by Crippen LogP contribution is -1.95. The van der Waals surface area contributed by atoms with E-state index in [-0.39, 0.29) is 18.0 Å². The molecule has 0 amide bonds. The van der Waals surface area contributed by atoms with Crippen molar-refractivity contribution in [3.8, 4) is 11.5 Å². The summed E-state index contributed by atoms with van der Waals surface area (Å²) in [5.41, 5.74) is 0.161. The summed E-state index contributed by atoms with van der Waals surface area (Å²) in [7, 11) is 0. The van der Waals surface area contributed by atoms with E-state index in [9.17, 15) is 14.5 Å². The number of hydrogen-bond donors (Lipinski definition) is 1. The Kier molecular flexibility index (Phi) is 3.72.